The Bertz CT molecular complexity index is 2150. The van der Waals surface area contributed by atoms with E-state index in [1.807, 2.05) is 6.92 Å². The number of hydrogen-bond acceptors (Lipinski definition) is 14. The molecule has 0 fully saturated rings. The lowest BCUT2D eigenvalue weighted by Crippen LogP contribution is -2.50. The number of imide groups is 1. The van der Waals surface area contributed by atoms with Crippen molar-refractivity contribution in [3.63, 3.8) is 0 Å². The van der Waals surface area contributed by atoms with Crippen LogP contribution in [0, 0.1) is 5.92 Å². The fourth-order valence-electron chi connectivity index (χ4n) is 6.03. The largest absolute Gasteiger partial charge is 0.481 e. The van der Waals surface area contributed by atoms with Gasteiger partial charge in [0.25, 0.3) is 11.8 Å². The van der Waals surface area contributed by atoms with E-state index in [4.69, 9.17) is 28.6 Å². The van der Waals surface area contributed by atoms with Crippen LogP contribution in [0.3, 0.4) is 0 Å². The first kappa shape index (κ1) is 51.9. The minimum absolute atomic E-state index is 0.0712. The highest BCUT2D eigenvalue weighted by molar-refractivity contribution is 6.00. The summed E-state index contributed by atoms with van der Waals surface area (Å²) in [4.78, 5) is 119. The van der Waals surface area contributed by atoms with Crippen molar-refractivity contribution in [2.24, 2.45) is 5.92 Å². The number of rotatable bonds is 24. The Kier molecular flexibility index (Phi) is 20.0. The summed E-state index contributed by atoms with van der Waals surface area (Å²) in [5.41, 5.74) is -0.242. The maximum absolute atomic E-state index is 13.6. The normalized spacial score (nSPS) is 12.3. The van der Waals surface area contributed by atoms with Crippen LogP contribution < -0.4 is 20.7 Å². The van der Waals surface area contributed by atoms with Crippen LogP contribution in [-0.2, 0) is 44.9 Å². The lowest BCUT2D eigenvalue weighted by Gasteiger charge is -2.32. The van der Waals surface area contributed by atoms with E-state index in [9.17, 15) is 48.3 Å². The highest BCUT2D eigenvalue weighted by Crippen LogP contribution is 2.30. The summed E-state index contributed by atoms with van der Waals surface area (Å²) >= 11 is 0. The van der Waals surface area contributed by atoms with Gasteiger partial charge in [0, 0.05) is 12.6 Å². The monoisotopic (exact) mass is 909 g/mol. The predicted molar refractivity (Wildman–Crippen MR) is 228 cm³/mol. The molecule has 0 aliphatic heterocycles. The molecule has 0 bridgehead atoms. The standard InChI is InChI=1S/C44H55N5O16/c1-7-9-11-16-29(32(8-2)49(26-50)65-43(60)48(6)42(59)64-44(3,4)5)38(54)45-25-46-40(56)34-20-19-33(63-34)28-17-18-30(39(55)47-31(41(57)58)22-36(51)52)35(21-28)61-24-37(53)62-23-27-14-12-10-13-15-27/h10,12-15,17-21,26,29,31-32H,7-9,11,16,22-25H2,1-6H3,(H,45,54)(H,46,56)(H,47,55)(H,51,52)(H,57,58)/t29-,31+,32-/m1/s1. The van der Waals surface area contributed by atoms with Gasteiger partial charge in [-0.25, -0.2) is 24.1 Å². The minimum atomic E-state index is -1.80. The van der Waals surface area contributed by atoms with Crippen molar-refractivity contribution in [2.75, 3.05) is 20.3 Å². The van der Waals surface area contributed by atoms with Gasteiger partial charge in [0.15, 0.2) is 12.4 Å². The summed E-state index contributed by atoms with van der Waals surface area (Å²) < 4.78 is 21.8. The number of nitrogens with one attached hydrogen (secondary N) is 3. The highest BCUT2D eigenvalue weighted by atomic mass is 16.7. The number of carboxylic acids is 2. The van der Waals surface area contributed by atoms with Crippen molar-refractivity contribution in [2.45, 2.75) is 97.4 Å². The first-order valence-electron chi connectivity index (χ1n) is 20.6. The molecule has 3 rings (SSSR count). The van der Waals surface area contributed by atoms with Crippen LogP contribution in [0.5, 0.6) is 5.75 Å². The van der Waals surface area contributed by atoms with E-state index in [2.05, 4.69) is 16.0 Å². The number of nitrogens with zero attached hydrogens (tertiary/aromatic N) is 2. The summed E-state index contributed by atoms with van der Waals surface area (Å²) in [5.74, 6) is -7.52. The zero-order chi connectivity index (χ0) is 48.3. The number of unbranched alkanes of at least 4 members (excludes halogenated alkanes) is 2. The van der Waals surface area contributed by atoms with Gasteiger partial charge in [-0.05, 0) is 63.4 Å². The number of hydroxylamine groups is 2. The number of hydrogen-bond donors (Lipinski definition) is 5. The molecule has 0 saturated carbocycles. The summed E-state index contributed by atoms with van der Waals surface area (Å²) in [5, 5.41) is 26.5. The van der Waals surface area contributed by atoms with Crippen LogP contribution in [-0.4, -0.2) is 112 Å². The zero-order valence-corrected chi connectivity index (χ0v) is 37.0. The maximum Gasteiger partial charge on any atom is 0.443 e. The molecule has 21 heteroatoms. The molecule has 3 atom stereocenters. The molecule has 21 nitrogen and oxygen atoms in total. The molecule has 1 aromatic heterocycles. The number of amides is 6. The molecule has 6 amide bonds. The fourth-order valence-corrected chi connectivity index (χ4v) is 6.03. The van der Waals surface area contributed by atoms with Gasteiger partial charge in [-0.2, -0.15) is 5.06 Å². The summed E-state index contributed by atoms with van der Waals surface area (Å²) in [6.45, 7) is 7.32. The molecule has 0 saturated heterocycles. The van der Waals surface area contributed by atoms with E-state index in [1.165, 1.54) is 30.3 Å². The van der Waals surface area contributed by atoms with Gasteiger partial charge in [-0.1, -0.05) is 69.5 Å². The molecule has 0 unspecified atom stereocenters. The Morgan fingerprint density at radius 3 is 2.20 bits per heavy atom. The van der Waals surface area contributed by atoms with Gasteiger partial charge in [-0.15, -0.1) is 0 Å². The second-order valence-electron chi connectivity index (χ2n) is 15.4. The van der Waals surface area contributed by atoms with Gasteiger partial charge < -0.3 is 49.6 Å². The molecule has 0 aliphatic rings. The van der Waals surface area contributed by atoms with E-state index in [-0.39, 0.29) is 54.3 Å². The highest BCUT2D eigenvalue weighted by Gasteiger charge is 2.35. The molecule has 352 valence electrons. The SMILES string of the molecule is CCCCC[C@@H](C(=O)NCNC(=O)c1ccc(-c2ccc(C(=O)N[C@@H](CC(=O)O)C(=O)O)c(OCC(=O)OCc3ccccc3)c2)o1)[C@@H](CC)N(C=O)OC(=O)N(C)C(=O)OC(C)(C)C. The molecule has 0 spiro atoms. The van der Waals surface area contributed by atoms with Crippen molar-refractivity contribution in [1.29, 1.82) is 0 Å². The zero-order valence-electron chi connectivity index (χ0n) is 37.0. The molecular weight excluding hydrogens is 855 g/mol. The van der Waals surface area contributed by atoms with Gasteiger partial charge in [0.05, 0.1) is 30.6 Å². The van der Waals surface area contributed by atoms with Crippen molar-refractivity contribution in [3.8, 4) is 17.1 Å². The second kappa shape index (κ2) is 25.0. The first-order chi connectivity index (χ1) is 30.8. The number of carbonyl (C=O) groups excluding carboxylic acids is 7. The van der Waals surface area contributed by atoms with E-state index in [0.717, 1.165) is 19.9 Å². The van der Waals surface area contributed by atoms with E-state index < -0.39 is 91.1 Å². The summed E-state index contributed by atoms with van der Waals surface area (Å²) in [6, 6.07) is 12.6. The van der Waals surface area contributed by atoms with Crippen LogP contribution in [0.4, 0.5) is 9.59 Å². The number of aliphatic carboxylic acids is 2. The summed E-state index contributed by atoms with van der Waals surface area (Å²) in [6.07, 6.45) is -0.323. The number of benzene rings is 2. The van der Waals surface area contributed by atoms with E-state index >= 15 is 0 Å². The van der Waals surface area contributed by atoms with Crippen molar-refractivity contribution in [1.82, 2.24) is 25.9 Å². The molecular formula is C44H55N5O16. The van der Waals surface area contributed by atoms with Crippen LogP contribution in [0.1, 0.15) is 99.6 Å². The van der Waals surface area contributed by atoms with Gasteiger partial charge in [0.1, 0.15) is 29.8 Å². The Morgan fingerprint density at radius 1 is 0.877 bits per heavy atom. The molecule has 1 heterocycles. The van der Waals surface area contributed by atoms with Crippen molar-refractivity contribution >= 4 is 54.2 Å². The Morgan fingerprint density at radius 2 is 1.58 bits per heavy atom. The van der Waals surface area contributed by atoms with E-state index in [1.54, 1.807) is 58.0 Å². The van der Waals surface area contributed by atoms with Crippen LogP contribution >= 0.6 is 0 Å². The van der Waals surface area contributed by atoms with Crippen molar-refractivity contribution in [3.05, 3.63) is 77.6 Å². The molecule has 0 radical (unpaired) electrons. The molecule has 0 aliphatic carbocycles. The number of carboxylic acid groups (broad SMARTS) is 2. The van der Waals surface area contributed by atoms with E-state index in [0.29, 0.717) is 21.9 Å². The average molecular weight is 910 g/mol. The molecule has 5 N–H and O–H groups in total. The van der Waals surface area contributed by atoms with Gasteiger partial charge in [0.2, 0.25) is 12.3 Å². The van der Waals surface area contributed by atoms with Gasteiger partial charge in [-0.3, -0.25) is 24.0 Å². The molecule has 3 aromatic rings. The van der Waals surface area contributed by atoms with Crippen molar-refractivity contribution < 1.29 is 76.8 Å². The third kappa shape index (κ3) is 16.6. The Hall–Kier alpha value is -7.45. The lowest BCUT2D eigenvalue weighted by atomic mass is 9.90. The Labute approximate surface area is 374 Å². The number of ether oxygens (including phenoxy) is 3. The summed E-state index contributed by atoms with van der Waals surface area (Å²) in [7, 11) is 1.11. The average Bonchev–Trinajstić information content (AvgIpc) is 3.76. The molecule has 65 heavy (non-hydrogen) atoms. The maximum atomic E-state index is 13.6. The minimum Gasteiger partial charge on any atom is -0.481 e. The second-order valence-corrected chi connectivity index (χ2v) is 15.4. The third-order valence-corrected chi connectivity index (χ3v) is 9.32. The third-order valence-electron chi connectivity index (χ3n) is 9.32. The predicted octanol–water partition coefficient (Wildman–Crippen LogP) is 4.88. The quantitative estimate of drug-likeness (QED) is 0.0263. The first-order valence-corrected chi connectivity index (χ1v) is 20.6. The number of esters is 1. The van der Waals surface area contributed by atoms with Crippen LogP contribution in [0.2, 0.25) is 0 Å². The molecule has 2 aromatic carbocycles. The van der Waals surface area contributed by atoms with Crippen LogP contribution in [0.25, 0.3) is 11.3 Å². The number of carbonyl (C=O) groups is 9. The topological polar surface area (TPSA) is 287 Å². The smallest absolute Gasteiger partial charge is 0.443 e. The number of furan rings is 1. The lowest BCUT2D eigenvalue weighted by molar-refractivity contribution is -0.172. The fraction of sp³-hybridized carbons (Fsp3) is 0.432. The van der Waals surface area contributed by atoms with Gasteiger partial charge >= 0.3 is 30.1 Å². The van der Waals surface area contributed by atoms with Crippen LogP contribution in [0.15, 0.2) is 65.1 Å². The Balaban J connectivity index is 1.76.